The fraction of sp³-hybridized carbons (Fsp3) is 0.483. The number of benzene rings is 2. The molecule has 2 aliphatic rings. The monoisotopic (exact) mass is 654 g/mol. The molecule has 0 spiro atoms. The van der Waals surface area contributed by atoms with Crippen molar-refractivity contribution in [2.24, 2.45) is 0 Å². The second-order valence-electron chi connectivity index (χ2n) is 10.8. The average molecular weight is 655 g/mol. The minimum absolute atomic E-state index is 0.0320. The summed E-state index contributed by atoms with van der Waals surface area (Å²) in [4.78, 5) is 13.9. The van der Waals surface area contributed by atoms with Gasteiger partial charge in [0, 0.05) is 11.6 Å². The topological polar surface area (TPSA) is 268 Å². The van der Waals surface area contributed by atoms with E-state index in [0.717, 1.165) is 13.2 Å². The Bertz CT molecular complexity index is 1620. The van der Waals surface area contributed by atoms with Crippen LogP contribution in [0.25, 0.3) is 22.3 Å². The zero-order valence-electron chi connectivity index (χ0n) is 24.6. The molecule has 0 radical (unpaired) electrons. The SMILES string of the molecule is COc1cc(-c2oc3cc(O)c(OC)c(O)c3c(=O)c2O[C@@H]2O[C@H](CO[C@@H]3O[C@@H](C)[C@H](O)[C@@H](O)[C@H]3O)[C@H](O)[C@H](O)[C@H]2O)ccc1O. The third kappa shape index (κ3) is 5.88. The number of methoxy groups -OCH3 is 2. The molecule has 0 amide bonds. The van der Waals surface area contributed by atoms with Crippen LogP contribution in [-0.2, 0) is 14.2 Å². The Hall–Kier alpha value is -3.91. The Morgan fingerprint density at radius 1 is 0.761 bits per heavy atom. The van der Waals surface area contributed by atoms with Crippen molar-refractivity contribution >= 4 is 11.0 Å². The zero-order valence-corrected chi connectivity index (χ0v) is 24.6. The molecule has 252 valence electrons. The van der Waals surface area contributed by atoms with Crippen molar-refractivity contribution in [2.45, 2.75) is 68.3 Å². The van der Waals surface area contributed by atoms with E-state index in [0.29, 0.717) is 0 Å². The van der Waals surface area contributed by atoms with Gasteiger partial charge in [-0.2, -0.15) is 0 Å². The first-order chi connectivity index (χ1) is 21.8. The third-order valence-corrected chi connectivity index (χ3v) is 7.83. The third-order valence-electron chi connectivity index (χ3n) is 7.83. The first kappa shape index (κ1) is 33.5. The van der Waals surface area contributed by atoms with Crippen molar-refractivity contribution in [3.63, 3.8) is 0 Å². The number of hydrogen-bond acceptors (Lipinski definition) is 17. The van der Waals surface area contributed by atoms with E-state index in [4.69, 9.17) is 32.8 Å². The standard InChI is InChI=1S/C29H34O17/c1-9-17(32)21(36)23(38)28(43-9)42-8-15-18(33)22(37)24(39)29(45-15)46-27-20(35)16-14(7-12(31)26(41-3)19(16)34)44-25(27)10-4-5-11(30)13(6-10)40-2/h4-7,9,15,17-18,21-24,28-34,36-39H,8H2,1-3H3/t9-,15+,17-,18-,21+,22-,23+,24+,28+,29-/m0/s1. The normalized spacial score (nSPS) is 31.5. The van der Waals surface area contributed by atoms with Crippen molar-refractivity contribution in [3.05, 3.63) is 34.5 Å². The molecular weight excluding hydrogens is 620 g/mol. The Morgan fingerprint density at radius 3 is 2.11 bits per heavy atom. The molecule has 1 aromatic heterocycles. The summed E-state index contributed by atoms with van der Waals surface area (Å²) < 4.78 is 38.3. The van der Waals surface area contributed by atoms with Crippen LogP contribution in [0.3, 0.4) is 0 Å². The summed E-state index contributed by atoms with van der Waals surface area (Å²) >= 11 is 0. The lowest BCUT2D eigenvalue weighted by atomic mass is 9.98. The fourth-order valence-corrected chi connectivity index (χ4v) is 5.21. The molecule has 0 bridgehead atoms. The number of aromatic hydroxyl groups is 3. The van der Waals surface area contributed by atoms with Crippen LogP contribution in [-0.4, -0.2) is 128 Å². The molecule has 3 heterocycles. The van der Waals surface area contributed by atoms with E-state index in [9.17, 15) is 50.8 Å². The summed E-state index contributed by atoms with van der Waals surface area (Å²) in [6.45, 7) is 0.824. The molecule has 0 unspecified atom stereocenters. The summed E-state index contributed by atoms with van der Waals surface area (Å²) in [5.74, 6) is -3.12. The second-order valence-corrected chi connectivity index (χ2v) is 10.8. The Balaban J connectivity index is 1.53. The Kier molecular flexibility index (Phi) is 9.50. The molecule has 46 heavy (non-hydrogen) atoms. The number of fused-ring (bicyclic) bond motifs is 1. The van der Waals surface area contributed by atoms with E-state index in [1.165, 1.54) is 32.2 Å². The number of hydrogen-bond donors (Lipinski definition) is 9. The number of phenols is 3. The van der Waals surface area contributed by atoms with Gasteiger partial charge in [0.15, 0.2) is 35.0 Å². The summed E-state index contributed by atoms with van der Waals surface area (Å²) in [7, 11) is 2.41. The maximum absolute atomic E-state index is 13.9. The molecule has 2 fully saturated rings. The van der Waals surface area contributed by atoms with Gasteiger partial charge in [-0.25, -0.2) is 0 Å². The van der Waals surface area contributed by atoms with Gasteiger partial charge in [0.1, 0.15) is 53.7 Å². The van der Waals surface area contributed by atoms with Crippen LogP contribution in [0.2, 0.25) is 0 Å². The first-order valence-electron chi connectivity index (χ1n) is 13.9. The maximum atomic E-state index is 13.9. The van der Waals surface area contributed by atoms with Gasteiger partial charge in [0.05, 0.1) is 26.9 Å². The molecule has 0 aliphatic carbocycles. The van der Waals surface area contributed by atoms with Gasteiger partial charge in [-0.05, 0) is 25.1 Å². The maximum Gasteiger partial charge on any atom is 0.239 e. The lowest BCUT2D eigenvalue weighted by Crippen LogP contribution is -2.61. The molecule has 9 N–H and O–H groups in total. The lowest BCUT2D eigenvalue weighted by Gasteiger charge is -2.42. The van der Waals surface area contributed by atoms with Crippen molar-refractivity contribution in [2.75, 3.05) is 20.8 Å². The number of aliphatic hydroxyl groups excluding tert-OH is 6. The Morgan fingerprint density at radius 2 is 1.43 bits per heavy atom. The molecule has 17 nitrogen and oxygen atoms in total. The van der Waals surface area contributed by atoms with Gasteiger partial charge >= 0.3 is 0 Å². The highest BCUT2D eigenvalue weighted by atomic mass is 16.7. The molecule has 2 aliphatic heterocycles. The van der Waals surface area contributed by atoms with Gasteiger partial charge in [-0.1, -0.05) is 0 Å². The van der Waals surface area contributed by atoms with Crippen LogP contribution in [0.15, 0.2) is 33.5 Å². The molecule has 0 saturated carbocycles. The van der Waals surface area contributed by atoms with Gasteiger partial charge in [0.2, 0.25) is 23.2 Å². The Labute approximate surface area is 259 Å². The van der Waals surface area contributed by atoms with Crippen LogP contribution in [0.4, 0.5) is 0 Å². The number of rotatable bonds is 8. The minimum Gasteiger partial charge on any atom is -0.504 e. The van der Waals surface area contributed by atoms with Gasteiger partial charge in [-0.3, -0.25) is 4.79 Å². The molecule has 3 aromatic rings. The highest BCUT2D eigenvalue weighted by molar-refractivity contribution is 5.91. The number of ether oxygens (including phenoxy) is 6. The predicted octanol–water partition coefficient (Wildman–Crippen LogP) is -1.38. The molecule has 2 aromatic carbocycles. The van der Waals surface area contributed by atoms with Crippen molar-refractivity contribution in [3.8, 4) is 45.8 Å². The highest BCUT2D eigenvalue weighted by Gasteiger charge is 2.48. The number of aliphatic hydroxyl groups is 6. The summed E-state index contributed by atoms with van der Waals surface area (Å²) in [6.07, 6.45) is -16.2. The molecular formula is C29H34O17. The molecule has 5 rings (SSSR count). The first-order valence-corrected chi connectivity index (χ1v) is 13.9. The van der Waals surface area contributed by atoms with E-state index < -0.39 is 102 Å². The average Bonchev–Trinajstić information content (AvgIpc) is 3.03. The zero-order chi connectivity index (χ0) is 33.6. The molecule has 17 heteroatoms. The van der Waals surface area contributed by atoms with E-state index in [1.54, 1.807) is 0 Å². The van der Waals surface area contributed by atoms with Gasteiger partial charge in [-0.15, -0.1) is 0 Å². The van der Waals surface area contributed by atoms with Crippen molar-refractivity contribution in [1.29, 1.82) is 0 Å². The molecule has 10 atom stereocenters. The van der Waals surface area contributed by atoms with E-state index >= 15 is 0 Å². The van der Waals surface area contributed by atoms with Crippen LogP contribution in [0.1, 0.15) is 6.92 Å². The quantitative estimate of drug-likeness (QED) is 0.135. The van der Waals surface area contributed by atoms with Crippen LogP contribution >= 0.6 is 0 Å². The van der Waals surface area contributed by atoms with Crippen LogP contribution in [0.5, 0.6) is 34.5 Å². The fourth-order valence-electron chi connectivity index (χ4n) is 5.21. The second kappa shape index (κ2) is 13.1. The largest absolute Gasteiger partial charge is 0.504 e. The highest BCUT2D eigenvalue weighted by Crippen LogP contribution is 2.44. The summed E-state index contributed by atoms with van der Waals surface area (Å²) in [5.41, 5.74) is -1.26. The van der Waals surface area contributed by atoms with E-state index in [-0.39, 0.29) is 28.4 Å². The lowest BCUT2D eigenvalue weighted by molar-refractivity contribution is -0.318. The summed E-state index contributed by atoms with van der Waals surface area (Å²) in [6, 6.07) is 4.85. The summed E-state index contributed by atoms with van der Waals surface area (Å²) in [5, 5.41) is 93.0. The minimum atomic E-state index is -1.97. The number of phenolic OH excluding ortho intramolecular Hbond substituents is 3. The van der Waals surface area contributed by atoms with Crippen LogP contribution in [0, 0.1) is 0 Å². The smallest absolute Gasteiger partial charge is 0.239 e. The van der Waals surface area contributed by atoms with Crippen molar-refractivity contribution in [1.82, 2.24) is 0 Å². The van der Waals surface area contributed by atoms with Crippen molar-refractivity contribution < 1.29 is 78.8 Å². The van der Waals surface area contributed by atoms with Gasteiger partial charge < -0.3 is 78.8 Å². The van der Waals surface area contributed by atoms with E-state index in [1.807, 2.05) is 0 Å². The van der Waals surface area contributed by atoms with Gasteiger partial charge in [0.25, 0.3) is 0 Å². The van der Waals surface area contributed by atoms with Crippen LogP contribution < -0.4 is 19.6 Å². The molecule has 2 saturated heterocycles. The van der Waals surface area contributed by atoms with E-state index in [2.05, 4.69) is 0 Å². The predicted molar refractivity (Wildman–Crippen MR) is 152 cm³/mol.